The van der Waals surface area contributed by atoms with Crippen molar-refractivity contribution in [3.8, 4) is 5.75 Å². The average molecular weight is 263 g/mol. The molecular weight excluding hydrogens is 238 g/mol. The summed E-state index contributed by atoms with van der Waals surface area (Å²) in [5, 5.41) is 13.4. The fourth-order valence-corrected chi connectivity index (χ4v) is 2.91. The average Bonchev–Trinajstić information content (AvgIpc) is 2.92. The van der Waals surface area contributed by atoms with Gasteiger partial charge in [0, 0.05) is 11.6 Å². The summed E-state index contributed by atoms with van der Waals surface area (Å²) in [6.45, 7) is 2.27. The van der Waals surface area contributed by atoms with Gasteiger partial charge in [0.15, 0.2) is 0 Å². The van der Waals surface area contributed by atoms with E-state index in [9.17, 15) is 5.11 Å². The van der Waals surface area contributed by atoms with Crippen molar-refractivity contribution >= 4 is 0 Å². The highest BCUT2D eigenvalue weighted by molar-refractivity contribution is 5.28. The predicted octanol–water partition coefficient (Wildman–Crippen LogP) is 2.52. The SMILES string of the molecule is COc1ccc(CC(C)(CO)NC2CCCC2)cc1. The summed E-state index contributed by atoms with van der Waals surface area (Å²) in [6, 6.07) is 8.66. The quantitative estimate of drug-likeness (QED) is 0.828. The van der Waals surface area contributed by atoms with Gasteiger partial charge in [-0.2, -0.15) is 0 Å². The van der Waals surface area contributed by atoms with E-state index in [2.05, 4.69) is 24.4 Å². The Morgan fingerprint density at radius 1 is 1.26 bits per heavy atom. The highest BCUT2D eigenvalue weighted by Crippen LogP contribution is 2.23. The van der Waals surface area contributed by atoms with E-state index in [0.29, 0.717) is 6.04 Å². The fourth-order valence-electron chi connectivity index (χ4n) is 2.91. The zero-order valence-electron chi connectivity index (χ0n) is 12.0. The number of nitrogens with one attached hydrogen (secondary N) is 1. The van der Waals surface area contributed by atoms with E-state index >= 15 is 0 Å². The van der Waals surface area contributed by atoms with Gasteiger partial charge in [0.25, 0.3) is 0 Å². The first-order valence-corrected chi connectivity index (χ1v) is 7.17. The van der Waals surface area contributed by atoms with Crippen LogP contribution in [0, 0.1) is 0 Å². The molecule has 1 saturated carbocycles. The summed E-state index contributed by atoms with van der Waals surface area (Å²) in [7, 11) is 1.68. The van der Waals surface area contributed by atoms with E-state index < -0.39 is 0 Å². The second-order valence-corrected chi connectivity index (χ2v) is 5.87. The van der Waals surface area contributed by atoms with Crippen LogP contribution in [0.2, 0.25) is 0 Å². The Morgan fingerprint density at radius 2 is 1.89 bits per heavy atom. The van der Waals surface area contributed by atoms with E-state index in [0.717, 1.165) is 12.2 Å². The van der Waals surface area contributed by atoms with E-state index in [1.54, 1.807) is 7.11 Å². The molecule has 0 bridgehead atoms. The molecule has 1 unspecified atom stereocenters. The second kappa shape index (κ2) is 6.40. The maximum atomic E-state index is 9.72. The number of aliphatic hydroxyl groups is 1. The van der Waals surface area contributed by atoms with Crippen molar-refractivity contribution in [2.75, 3.05) is 13.7 Å². The fraction of sp³-hybridized carbons (Fsp3) is 0.625. The van der Waals surface area contributed by atoms with Gasteiger partial charge < -0.3 is 15.2 Å². The molecule has 0 aliphatic heterocycles. The summed E-state index contributed by atoms with van der Waals surface area (Å²) in [5.41, 5.74) is 0.992. The van der Waals surface area contributed by atoms with Crippen LogP contribution in [0.3, 0.4) is 0 Å². The van der Waals surface area contributed by atoms with Crippen LogP contribution in [0.15, 0.2) is 24.3 Å². The van der Waals surface area contributed by atoms with Gasteiger partial charge in [-0.25, -0.2) is 0 Å². The molecule has 0 heterocycles. The number of methoxy groups -OCH3 is 1. The van der Waals surface area contributed by atoms with E-state index in [1.165, 1.54) is 31.2 Å². The molecule has 3 heteroatoms. The summed E-state index contributed by atoms with van der Waals surface area (Å²) >= 11 is 0. The Balaban J connectivity index is 1.99. The molecule has 0 amide bonds. The van der Waals surface area contributed by atoms with Crippen molar-refractivity contribution in [3.63, 3.8) is 0 Å². The highest BCUT2D eigenvalue weighted by Gasteiger charge is 2.28. The number of benzene rings is 1. The Morgan fingerprint density at radius 3 is 2.42 bits per heavy atom. The molecule has 106 valence electrons. The first kappa shape index (κ1) is 14.4. The molecule has 2 rings (SSSR count). The highest BCUT2D eigenvalue weighted by atomic mass is 16.5. The van der Waals surface area contributed by atoms with Crippen LogP contribution < -0.4 is 10.1 Å². The van der Waals surface area contributed by atoms with Crippen molar-refractivity contribution in [2.24, 2.45) is 0 Å². The minimum atomic E-state index is -0.233. The molecule has 1 aliphatic carbocycles. The molecule has 3 nitrogen and oxygen atoms in total. The largest absolute Gasteiger partial charge is 0.497 e. The molecule has 2 N–H and O–H groups in total. The minimum Gasteiger partial charge on any atom is -0.497 e. The third-order valence-corrected chi connectivity index (χ3v) is 4.01. The topological polar surface area (TPSA) is 41.5 Å². The normalized spacial score (nSPS) is 19.3. The first-order chi connectivity index (χ1) is 9.15. The minimum absolute atomic E-state index is 0.162. The number of aliphatic hydroxyl groups excluding tert-OH is 1. The van der Waals surface area contributed by atoms with Crippen LogP contribution in [-0.2, 0) is 6.42 Å². The van der Waals surface area contributed by atoms with Crippen molar-refractivity contribution in [3.05, 3.63) is 29.8 Å². The van der Waals surface area contributed by atoms with Gasteiger partial charge in [-0.3, -0.25) is 0 Å². The second-order valence-electron chi connectivity index (χ2n) is 5.87. The summed E-state index contributed by atoms with van der Waals surface area (Å²) < 4.78 is 5.17. The molecule has 1 aliphatic rings. The smallest absolute Gasteiger partial charge is 0.118 e. The molecular formula is C16H25NO2. The van der Waals surface area contributed by atoms with Crippen LogP contribution in [0.1, 0.15) is 38.2 Å². The van der Waals surface area contributed by atoms with Crippen molar-refractivity contribution < 1.29 is 9.84 Å². The maximum absolute atomic E-state index is 9.72. The molecule has 0 saturated heterocycles. The molecule has 19 heavy (non-hydrogen) atoms. The Hall–Kier alpha value is -1.06. The summed E-state index contributed by atoms with van der Waals surface area (Å²) in [6.07, 6.45) is 5.92. The van der Waals surface area contributed by atoms with Crippen molar-refractivity contribution in [2.45, 2.75) is 50.6 Å². The van der Waals surface area contributed by atoms with Crippen LogP contribution in [-0.4, -0.2) is 30.4 Å². The molecule has 1 atom stereocenters. The number of rotatable bonds is 6. The first-order valence-electron chi connectivity index (χ1n) is 7.17. The van der Waals surface area contributed by atoms with Crippen LogP contribution >= 0.6 is 0 Å². The Labute approximate surface area is 116 Å². The van der Waals surface area contributed by atoms with E-state index in [4.69, 9.17) is 4.74 Å². The monoisotopic (exact) mass is 263 g/mol. The van der Waals surface area contributed by atoms with Gasteiger partial charge in [0.1, 0.15) is 5.75 Å². The molecule has 1 aromatic rings. The third kappa shape index (κ3) is 3.95. The number of ether oxygens (including phenoxy) is 1. The third-order valence-electron chi connectivity index (χ3n) is 4.01. The lowest BCUT2D eigenvalue weighted by Crippen LogP contribution is -2.51. The number of hydrogen-bond donors (Lipinski definition) is 2. The van der Waals surface area contributed by atoms with Gasteiger partial charge in [-0.15, -0.1) is 0 Å². The zero-order valence-corrected chi connectivity index (χ0v) is 12.0. The van der Waals surface area contributed by atoms with Gasteiger partial charge in [-0.1, -0.05) is 25.0 Å². The number of hydrogen-bond acceptors (Lipinski definition) is 3. The zero-order chi connectivity index (χ0) is 13.7. The van der Waals surface area contributed by atoms with Crippen molar-refractivity contribution in [1.29, 1.82) is 0 Å². The lowest BCUT2D eigenvalue weighted by atomic mass is 9.92. The standard InChI is InChI=1S/C16H25NO2/c1-16(12-18,17-14-5-3-4-6-14)11-13-7-9-15(19-2)10-8-13/h7-10,14,17-18H,3-6,11-12H2,1-2H3. The van der Waals surface area contributed by atoms with E-state index in [-0.39, 0.29) is 12.1 Å². The lowest BCUT2D eigenvalue weighted by Gasteiger charge is -2.32. The van der Waals surface area contributed by atoms with Crippen LogP contribution in [0.5, 0.6) is 5.75 Å². The summed E-state index contributed by atoms with van der Waals surface area (Å²) in [4.78, 5) is 0. The molecule has 1 aromatic carbocycles. The molecule has 1 fully saturated rings. The van der Waals surface area contributed by atoms with Crippen LogP contribution in [0.25, 0.3) is 0 Å². The Bertz CT molecular complexity index is 384. The molecule has 0 aromatic heterocycles. The lowest BCUT2D eigenvalue weighted by molar-refractivity contribution is 0.160. The summed E-state index contributed by atoms with van der Waals surface area (Å²) in [5.74, 6) is 0.873. The van der Waals surface area contributed by atoms with Crippen LogP contribution in [0.4, 0.5) is 0 Å². The molecule has 0 radical (unpaired) electrons. The predicted molar refractivity (Wildman–Crippen MR) is 77.6 cm³/mol. The molecule has 0 spiro atoms. The van der Waals surface area contributed by atoms with Gasteiger partial charge in [0.2, 0.25) is 0 Å². The van der Waals surface area contributed by atoms with Gasteiger partial charge in [0.05, 0.1) is 13.7 Å². The van der Waals surface area contributed by atoms with Gasteiger partial charge in [-0.05, 0) is 43.9 Å². The van der Waals surface area contributed by atoms with E-state index in [1.807, 2.05) is 12.1 Å². The maximum Gasteiger partial charge on any atom is 0.118 e. The van der Waals surface area contributed by atoms with Crippen molar-refractivity contribution in [1.82, 2.24) is 5.32 Å². The Kier molecular flexibility index (Phi) is 4.83. The van der Waals surface area contributed by atoms with Gasteiger partial charge >= 0.3 is 0 Å².